The minimum absolute atomic E-state index is 0.0896. The predicted molar refractivity (Wildman–Crippen MR) is 92.5 cm³/mol. The Balaban J connectivity index is 2.16. The Morgan fingerprint density at radius 1 is 1.23 bits per heavy atom. The molecular formula is C18H18F2N4O2. The maximum Gasteiger partial charge on any atom is 0.280 e. The Bertz CT molecular complexity index is 936. The minimum Gasteiger partial charge on any atom is -0.497 e. The van der Waals surface area contributed by atoms with Crippen molar-refractivity contribution in [2.45, 2.75) is 26.3 Å². The van der Waals surface area contributed by atoms with Gasteiger partial charge in [-0.15, -0.1) is 0 Å². The molecule has 2 heterocycles. The zero-order valence-corrected chi connectivity index (χ0v) is 14.5. The van der Waals surface area contributed by atoms with Crippen LogP contribution >= 0.6 is 0 Å². The van der Waals surface area contributed by atoms with Crippen molar-refractivity contribution in [3.05, 3.63) is 47.8 Å². The van der Waals surface area contributed by atoms with E-state index in [4.69, 9.17) is 4.74 Å². The number of nitrogens with zero attached hydrogens (tertiary/aromatic N) is 3. The summed E-state index contributed by atoms with van der Waals surface area (Å²) in [7, 11) is 1.54. The number of alkyl halides is 2. The van der Waals surface area contributed by atoms with Gasteiger partial charge in [0.25, 0.3) is 12.3 Å². The molecule has 0 radical (unpaired) electrons. The summed E-state index contributed by atoms with van der Waals surface area (Å²) in [5.41, 5.74) is 0.869. The fraction of sp³-hybridized carbons (Fsp3) is 0.278. The first-order chi connectivity index (χ1) is 12.4. The fourth-order valence-corrected chi connectivity index (χ4v) is 2.55. The summed E-state index contributed by atoms with van der Waals surface area (Å²) in [5, 5.41) is 6.65. The lowest BCUT2D eigenvalue weighted by molar-refractivity contribution is 0.0944. The van der Waals surface area contributed by atoms with E-state index in [0.29, 0.717) is 17.0 Å². The molecule has 0 aliphatic heterocycles. The number of aromatic nitrogens is 3. The van der Waals surface area contributed by atoms with E-state index >= 15 is 0 Å². The zero-order chi connectivity index (χ0) is 18.8. The highest BCUT2D eigenvalue weighted by Gasteiger charge is 2.21. The molecule has 8 heteroatoms. The SMILES string of the molecule is COc1ccc(-c2cc(C(F)F)n3ncc(C(=O)NC(C)C)c3n2)cc1. The number of methoxy groups -OCH3 is 1. The summed E-state index contributed by atoms with van der Waals surface area (Å²) in [6.07, 6.45) is -1.51. The normalized spacial score (nSPS) is 11.3. The molecule has 26 heavy (non-hydrogen) atoms. The van der Waals surface area contributed by atoms with Crippen LogP contribution in [0.3, 0.4) is 0 Å². The summed E-state index contributed by atoms with van der Waals surface area (Å²) in [6, 6.07) is 8.04. The molecule has 1 N–H and O–H groups in total. The summed E-state index contributed by atoms with van der Waals surface area (Å²) < 4.78 is 33.2. The highest BCUT2D eigenvalue weighted by molar-refractivity contribution is 6.00. The minimum atomic E-state index is -2.77. The zero-order valence-electron chi connectivity index (χ0n) is 14.5. The smallest absolute Gasteiger partial charge is 0.280 e. The first kappa shape index (κ1) is 17.8. The first-order valence-electron chi connectivity index (χ1n) is 8.03. The fourth-order valence-electron chi connectivity index (χ4n) is 2.55. The van der Waals surface area contributed by atoms with Crippen molar-refractivity contribution in [2.24, 2.45) is 0 Å². The Kier molecular flexibility index (Phi) is 4.83. The van der Waals surface area contributed by atoms with Crippen LogP contribution in [0.15, 0.2) is 36.5 Å². The number of amides is 1. The molecule has 0 aliphatic rings. The molecule has 0 spiro atoms. The number of ether oxygens (including phenoxy) is 1. The van der Waals surface area contributed by atoms with Gasteiger partial charge in [0.15, 0.2) is 5.65 Å². The number of carbonyl (C=O) groups excluding carboxylic acids is 1. The van der Waals surface area contributed by atoms with Gasteiger partial charge in [-0.25, -0.2) is 18.3 Å². The molecule has 0 atom stereocenters. The number of fused-ring (bicyclic) bond motifs is 1. The van der Waals surface area contributed by atoms with Gasteiger partial charge < -0.3 is 10.1 Å². The Hall–Kier alpha value is -3.03. The van der Waals surface area contributed by atoms with E-state index in [1.54, 1.807) is 31.4 Å². The van der Waals surface area contributed by atoms with E-state index < -0.39 is 12.3 Å². The van der Waals surface area contributed by atoms with Gasteiger partial charge >= 0.3 is 0 Å². The Labute approximate surface area is 148 Å². The van der Waals surface area contributed by atoms with E-state index in [0.717, 1.165) is 4.52 Å². The van der Waals surface area contributed by atoms with E-state index in [2.05, 4.69) is 15.4 Å². The summed E-state index contributed by atoms with van der Waals surface area (Å²) in [5.74, 6) is 0.236. The second-order valence-corrected chi connectivity index (χ2v) is 6.02. The first-order valence-corrected chi connectivity index (χ1v) is 8.03. The number of nitrogens with one attached hydrogen (secondary N) is 1. The lowest BCUT2D eigenvalue weighted by atomic mass is 10.1. The molecule has 6 nitrogen and oxygen atoms in total. The summed E-state index contributed by atoms with van der Waals surface area (Å²) >= 11 is 0. The number of rotatable bonds is 5. The van der Waals surface area contributed by atoms with Gasteiger partial charge in [-0.1, -0.05) is 0 Å². The van der Waals surface area contributed by atoms with Crippen LogP contribution in [0, 0.1) is 0 Å². The third-order valence-corrected chi connectivity index (χ3v) is 3.77. The van der Waals surface area contributed by atoms with Crippen LogP contribution in [-0.2, 0) is 0 Å². The van der Waals surface area contributed by atoms with Crippen molar-refractivity contribution in [1.29, 1.82) is 0 Å². The number of carbonyl (C=O) groups is 1. The molecule has 2 aromatic heterocycles. The predicted octanol–water partition coefficient (Wildman–Crippen LogP) is 3.48. The lowest BCUT2D eigenvalue weighted by Gasteiger charge is -2.10. The van der Waals surface area contributed by atoms with Gasteiger partial charge in [0.05, 0.1) is 19.0 Å². The number of hydrogen-bond acceptors (Lipinski definition) is 4. The van der Waals surface area contributed by atoms with Crippen molar-refractivity contribution < 1.29 is 18.3 Å². The van der Waals surface area contributed by atoms with E-state index in [1.807, 2.05) is 13.8 Å². The van der Waals surface area contributed by atoms with E-state index in [-0.39, 0.29) is 22.9 Å². The van der Waals surface area contributed by atoms with Gasteiger partial charge in [-0.3, -0.25) is 4.79 Å². The number of benzene rings is 1. The van der Waals surface area contributed by atoms with Crippen molar-refractivity contribution in [3.8, 4) is 17.0 Å². The van der Waals surface area contributed by atoms with Crippen LogP contribution < -0.4 is 10.1 Å². The monoisotopic (exact) mass is 360 g/mol. The molecule has 0 bridgehead atoms. The second kappa shape index (κ2) is 7.07. The van der Waals surface area contributed by atoms with Crippen LogP contribution in [0.1, 0.15) is 36.3 Å². The molecule has 0 unspecified atom stereocenters. The van der Waals surface area contributed by atoms with E-state index in [9.17, 15) is 13.6 Å². The molecule has 0 saturated heterocycles. The maximum atomic E-state index is 13.5. The third kappa shape index (κ3) is 3.35. The quantitative estimate of drug-likeness (QED) is 0.756. The van der Waals surface area contributed by atoms with Crippen LogP contribution in [0.4, 0.5) is 8.78 Å². The van der Waals surface area contributed by atoms with Crippen molar-refractivity contribution >= 4 is 11.6 Å². The van der Waals surface area contributed by atoms with Crippen LogP contribution in [0.25, 0.3) is 16.9 Å². The van der Waals surface area contributed by atoms with Crippen molar-refractivity contribution in [3.63, 3.8) is 0 Å². The number of hydrogen-bond donors (Lipinski definition) is 1. The average Bonchev–Trinajstić information content (AvgIpc) is 3.04. The standard InChI is InChI=1S/C18H18F2N4O2/c1-10(2)22-18(25)13-9-21-24-15(16(19)20)8-14(23-17(13)24)11-4-6-12(26-3)7-5-11/h4-10,16H,1-3H3,(H,22,25). The van der Waals surface area contributed by atoms with Gasteiger partial charge in [0.1, 0.15) is 17.0 Å². The maximum absolute atomic E-state index is 13.5. The topological polar surface area (TPSA) is 68.5 Å². The lowest BCUT2D eigenvalue weighted by Crippen LogP contribution is -2.30. The Morgan fingerprint density at radius 3 is 2.50 bits per heavy atom. The van der Waals surface area contributed by atoms with Gasteiger partial charge in [-0.05, 0) is 44.2 Å². The molecule has 3 rings (SSSR count). The molecule has 1 aromatic carbocycles. The average molecular weight is 360 g/mol. The molecule has 0 fully saturated rings. The summed E-state index contributed by atoms with van der Waals surface area (Å²) in [4.78, 5) is 16.7. The molecular weight excluding hydrogens is 342 g/mol. The van der Waals surface area contributed by atoms with Gasteiger partial charge in [0, 0.05) is 11.6 Å². The highest BCUT2D eigenvalue weighted by atomic mass is 19.3. The largest absolute Gasteiger partial charge is 0.497 e. The summed E-state index contributed by atoms with van der Waals surface area (Å²) in [6.45, 7) is 3.62. The molecule has 3 aromatic rings. The highest BCUT2D eigenvalue weighted by Crippen LogP contribution is 2.27. The van der Waals surface area contributed by atoms with Crippen molar-refractivity contribution in [1.82, 2.24) is 19.9 Å². The van der Waals surface area contributed by atoms with Crippen LogP contribution in [0.2, 0.25) is 0 Å². The third-order valence-electron chi connectivity index (χ3n) is 3.77. The van der Waals surface area contributed by atoms with E-state index in [1.165, 1.54) is 12.3 Å². The molecule has 136 valence electrons. The van der Waals surface area contributed by atoms with Gasteiger partial charge in [-0.2, -0.15) is 5.10 Å². The molecule has 0 saturated carbocycles. The van der Waals surface area contributed by atoms with Crippen molar-refractivity contribution in [2.75, 3.05) is 7.11 Å². The van der Waals surface area contributed by atoms with Crippen LogP contribution in [-0.4, -0.2) is 33.7 Å². The molecule has 1 amide bonds. The number of halogens is 2. The van der Waals surface area contributed by atoms with Crippen LogP contribution in [0.5, 0.6) is 5.75 Å². The Morgan fingerprint density at radius 2 is 1.92 bits per heavy atom. The van der Waals surface area contributed by atoms with Gasteiger partial charge in [0.2, 0.25) is 0 Å². The second-order valence-electron chi connectivity index (χ2n) is 6.02. The molecule has 0 aliphatic carbocycles.